The van der Waals surface area contributed by atoms with E-state index in [-0.39, 0.29) is 5.75 Å². The molecule has 1 aliphatic rings. The lowest BCUT2D eigenvalue weighted by atomic mass is 9.76. The van der Waals surface area contributed by atoms with Gasteiger partial charge in [-0.2, -0.15) is 21.6 Å². The summed E-state index contributed by atoms with van der Waals surface area (Å²) in [6.07, 6.45) is 4.51. The predicted molar refractivity (Wildman–Crippen MR) is 72.4 cm³/mol. The molecule has 1 aliphatic carbocycles. The number of hydrogen-bond donors (Lipinski definition) is 0. The lowest BCUT2D eigenvalue weighted by molar-refractivity contribution is -0.0500. The monoisotopic (exact) mass is 322 g/mol. The van der Waals surface area contributed by atoms with Crippen LogP contribution in [0.2, 0.25) is 0 Å². The van der Waals surface area contributed by atoms with Crippen LogP contribution >= 0.6 is 0 Å². The summed E-state index contributed by atoms with van der Waals surface area (Å²) < 4.78 is 62.6. The molecule has 2 atom stereocenters. The van der Waals surface area contributed by atoms with E-state index >= 15 is 0 Å². The Labute approximate surface area is 122 Å². The third-order valence-corrected chi connectivity index (χ3v) is 4.89. The van der Waals surface area contributed by atoms with E-state index < -0.39 is 15.6 Å². The Kier molecular flexibility index (Phi) is 4.51. The van der Waals surface area contributed by atoms with E-state index in [0.29, 0.717) is 11.8 Å². The normalized spacial score (nSPS) is 23.8. The molecule has 1 aromatic rings. The maximum Gasteiger partial charge on any atom is 0.534 e. The van der Waals surface area contributed by atoms with E-state index in [2.05, 4.69) is 11.1 Å². The zero-order valence-electron chi connectivity index (χ0n) is 11.6. The van der Waals surface area contributed by atoms with Crippen LogP contribution in [0.15, 0.2) is 24.3 Å². The minimum atomic E-state index is -5.60. The number of halogens is 3. The van der Waals surface area contributed by atoms with Crippen molar-refractivity contribution in [3.8, 4) is 5.75 Å². The minimum Gasteiger partial charge on any atom is -0.376 e. The van der Waals surface area contributed by atoms with Gasteiger partial charge in [-0.05, 0) is 36.0 Å². The van der Waals surface area contributed by atoms with Crippen LogP contribution in [0.1, 0.15) is 44.1 Å². The molecule has 2 unspecified atom stereocenters. The molecule has 0 aromatic heterocycles. The van der Waals surface area contributed by atoms with Crippen molar-refractivity contribution in [3.63, 3.8) is 0 Å². The summed E-state index contributed by atoms with van der Waals surface area (Å²) in [4.78, 5) is 0. The topological polar surface area (TPSA) is 43.4 Å². The van der Waals surface area contributed by atoms with E-state index in [1.807, 2.05) is 0 Å². The van der Waals surface area contributed by atoms with Crippen molar-refractivity contribution in [2.45, 2.75) is 44.0 Å². The number of alkyl halides is 3. The van der Waals surface area contributed by atoms with Crippen molar-refractivity contribution in [2.75, 3.05) is 0 Å². The fourth-order valence-corrected chi connectivity index (χ4v) is 3.21. The summed E-state index contributed by atoms with van der Waals surface area (Å²) in [5, 5.41) is 0. The first-order valence-electron chi connectivity index (χ1n) is 6.81. The Morgan fingerprint density at radius 2 is 1.67 bits per heavy atom. The Morgan fingerprint density at radius 1 is 1.10 bits per heavy atom. The molecule has 0 N–H and O–H groups in total. The van der Waals surface area contributed by atoms with E-state index in [0.717, 1.165) is 24.8 Å². The van der Waals surface area contributed by atoms with Crippen LogP contribution in [0, 0.1) is 5.92 Å². The van der Waals surface area contributed by atoms with Gasteiger partial charge in [-0.3, -0.25) is 0 Å². The first kappa shape index (κ1) is 16.1. The molecule has 0 amide bonds. The van der Waals surface area contributed by atoms with Gasteiger partial charge < -0.3 is 4.18 Å². The van der Waals surface area contributed by atoms with Crippen LogP contribution in [0.25, 0.3) is 0 Å². The van der Waals surface area contributed by atoms with Crippen LogP contribution in [0.5, 0.6) is 5.75 Å². The highest BCUT2D eigenvalue weighted by atomic mass is 32.2. The molecule has 0 radical (unpaired) electrons. The highest BCUT2D eigenvalue weighted by molar-refractivity contribution is 7.87. The summed E-state index contributed by atoms with van der Waals surface area (Å²) in [7, 11) is -5.60. The van der Waals surface area contributed by atoms with Gasteiger partial charge in [-0.25, -0.2) is 0 Å². The average Bonchev–Trinajstić information content (AvgIpc) is 2.39. The number of hydrogen-bond acceptors (Lipinski definition) is 3. The molecule has 0 bridgehead atoms. The molecule has 0 saturated heterocycles. The zero-order chi connectivity index (χ0) is 15.7. The zero-order valence-corrected chi connectivity index (χ0v) is 12.4. The molecule has 3 nitrogen and oxygen atoms in total. The Balaban J connectivity index is 2.12. The third kappa shape index (κ3) is 3.70. The minimum absolute atomic E-state index is 0.320. The first-order chi connectivity index (χ1) is 9.71. The van der Waals surface area contributed by atoms with Gasteiger partial charge in [0.2, 0.25) is 0 Å². The van der Waals surface area contributed by atoms with Crippen molar-refractivity contribution in [2.24, 2.45) is 5.92 Å². The molecule has 7 heteroatoms. The van der Waals surface area contributed by atoms with Crippen molar-refractivity contribution in [1.29, 1.82) is 0 Å². The predicted octanol–water partition coefficient (Wildman–Crippen LogP) is 4.21. The summed E-state index contributed by atoms with van der Waals surface area (Å²) in [5.74, 6) is 0.566. The molecule has 21 heavy (non-hydrogen) atoms. The van der Waals surface area contributed by atoms with Gasteiger partial charge in [0, 0.05) is 0 Å². The second-order valence-electron chi connectivity index (χ2n) is 5.42. The van der Waals surface area contributed by atoms with Gasteiger partial charge in [-0.1, -0.05) is 38.3 Å². The van der Waals surface area contributed by atoms with E-state index in [1.165, 1.54) is 18.6 Å². The van der Waals surface area contributed by atoms with Crippen LogP contribution < -0.4 is 4.18 Å². The molecule has 2 rings (SSSR count). The smallest absolute Gasteiger partial charge is 0.376 e. The largest absolute Gasteiger partial charge is 0.534 e. The van der Waals surface area contributed by atoms with Crippen LogP contribution in [-0.4, -0.2) is 13.9 Å². The highest BCUT2D eigenvalue weighted by Crippen LogP contribution is 2.38. The third-order valence-electron chi connectivity index (χ3n) is 3.91. The fourth-order valence-electron chi connectivity index (χ4n) is 2.76. The maximum absolute atomic E-state index is 12.2. The van der Waals surface area contributed by atoms with Gasteiger partial charge in [-0.15, -0.1) is 0 Å². The van der Waals surface area contributed by atoms with Crippen LogP contribution in [-0.2, 0) is 10.1 Å². The lowest BCUT2D eigenvalue weighted by Gasteiger charge is -2.29. The summed E-state index contributed by atoms with van der Waals surface area (Å²) in [6, 6.07) is 5.85. The van der Waals surface area contributed by atoms with Crippen molar-refractivity contribution >= 4 is 10.1 Å². The van der Waals surface area contributed by atoms with Gasteiger partial charge in [0.25, 0.3) is 0 Å². The first-order valence-corrected chi connectivity index (χ1v) is 8.22. The maximum atomic E-state index is 12.2. The highest BCUT2D eigenvalue weighted by Gasteiger charge is 2.48. The van der Waals surface area contributed by atoms with Gasteiger partial charge >= 0.3 is 15.6 Å². The molecule has 1 saturated carbocycles. The van der Waals surface area contributed by atoms with E-state index in [9.17, 15) is 21.6 Å². The fraction of sp³-hybridized carbons (Fsp3) is 0.571. The summed E-state index contributed by atoms with van der Waals surface area (Å²) in [6.45, 7) is 2.16. The van der Waals surface area contributed by atoms with Crippen LogP contribution in [0.3, 0.4) is 0 Å². The molecule has 0 aliphatic heterocycles. The summed E-state index contributed by atoms with van der Waals surface area (Å²) in [5.41, 5.74) is -4.40. The van der Waals surface area contributed by atoms with Gasteiger partial charge in [0.15, 0.2) is 0 Å². The summed E-state index contributed by atoms with van der Waals surface area (Å²) >= 11 is 0. The standard InChI is InChI=1S/C14H17F3O3S/c1-10-4-2-3-5-13(10)11-6-8-12(9-7-11)20-21(18,19)14(15,16)17/h6-10,13H,2-5H2,1H3. The van der Waals surface area contributed by atoms with Gasteiger partial charge in [0.1, 0.15) is 5.75 Å². The SMILES string of the molecule is CC1CCCCC1c1ccc(OS(=O)(=O)C(F)(F)F)cc1. The van der Waals surface area contributed by atoms with Crippen molar-refractivity contribution in [1.82, 2.24) is 0 Å². The molecular formula is C14H17F3O3S. The van der Waals surface area contributed by atoms with Crippen LogP contribution in [0.4, 0.5) is 13.2 Å². The van der Waals surface area contributed by atoms with Crippen molar-refractivity contribution in [3.05, 3.63) is 29.8 Å². The Bertz CT molecular complexity index is 578. The molecule has 1 fully saturated rings. The van der Waals surface area contributed by atoms with E-state index in [4.69, 9.17) is 0 Å². The molecule has 1 aromatic carbocycles. The number of benzene rings is 1. The quantitative estimate of drug-likeness (QED) is 0.618. The number of rotatable bonds is 3. The molecule has 118 valence electrons. The van der Waals surface area contributed by atoms with Gasteiger partial charge in [0.05, 0.1) is 0 Å². The van der Waals surface area contributed by atoms with E-state index in [1.54, 1.807) is 12.1 Å². The Hall–Kier alpha value is -1.24. The lowest BCUT2D eigenvalue weighted by Crippen LogP contribution is -2.28. The second-order valence-corrected chi connectivity index (χ2v) is 6.96. The molecular weight excluding hydrogens is 305 g/mol. The second kappa shape index (κ2) is 5.87. The van der Waals surface area contributed by atoms with Crippen molar-refractivity contribution < 1.29 is 25.8 Å². The average molecular weight is 322 g/mol. The Morgan fingerprint density at radius 3 is 2.19 bits per heavy atom. The molecule has 0 spiro atoms. The molecule has 0 heterocycles.